The van der Waals surface area contributed by atoms with E-state index in [2.05, 4.69) is 15.5 Å². The molecule has 0 fully saturated rings. The van der Waals surface area contributed by atoms with Crippen molar-refractivity contribution in [2.45, 2.75) is 13.5 Å². The summed E-state index contributed by atoms with van der Waals surface area (Å²) in [5, 5.41) is 6.94. The topological polar surface area (TPSA) is 77.0 Å². The zero-order valence-electron chi connectivity index (χ0n) is 9.30. The van der Waals surface area contributed by atoms with Crippen molar-refractivity contribution in [3.05, 3.63) is 41.4 Å². The third kappa shape index (κ3) is 2.79. The molecule has 0 saturated heterocycles. The summed E-state index contributed by atoms with van der Waals surface area (Å²) in [4.78, 5) is 4.68. The lowest BCUT2D eigenvalue weighted by molar-refractivity contribution is 0.412. The summed E-state index contributed by atoms with van der Waals surface area (Å²) < 4.78 is 4.74. The van der Waals surface area contributed by atoms with Gasteiger partial charge in [0.05, 0.1) is 12.1 Å². The molecule has 0 radical (unpaired) electrons. The van der Waals surface area contributed by atoms with Gasteiger partial charge >= 0.3 is 0 Å². The van der Waals surface area contributed by atoms with E-state index in [1.54, 1.807) is 6.07 Å². The van der Waals surface area contributed by atoms with Crippen molar-refractivity contribution in [2.24, 2.45) is 5.73 Å². The van der Waals surface area contributed by atoms with Crippen molar-refractivity contribution in [3.8, 4) is 0 Å². The van der Waals surface area contributed by atoms with Gasteiger partial charge in [-0.3, -0.25) is 0 Å². The van der Waals surface area contributed by atoms with E-state index < -0.39 is 0 Å². The molecule has 0 saturated carbocycles. The normalized spacial score (nSPS) is 10.2. The lowest BCUT2D eigenvalue weighted by Gasteiger charge is -2.09. The van der Waals surface area contributed by atoms with Gasteiger partial charge in [0.15, 0.2) is 0 Å². The van der Waals surface area contributed by atoms with E-state index in [-0.39, 0.29) is 0 Å². The number of aromatic nitrogens is 2. The van der Waals surface area contributed by atoms with Crippen molar-refractivity contribution >= 4 is 23.0 Å². The third-order valence-corrected chi connectivity index (χ3v) is 2.45. The molecule has 5 nitrogen and oxygen atoms in total. The van der Waals surface area contributed by atoms with Gasteiger partial charge in [-0.25, -0.2) is 4.98 Å². The van der Waals surface area contributed by atoms with Gasteiger partial charge in [-0.2, -0.15) is 0 Å². The average molecular weight is 248 g/mol. The second kappa shape index (κ2) is 4.92. The molecule has 88 valence electrons. The molecule has 6 heteroatoms. The number of anilines is 1. The number of nitrogens with zero attached hydrogens (tertiary/aromatic N) is 2. The number of hydrogen-bond acceptors (Lipinski definition) is 5. The Morgan fingerprint density at radius 2 is 2.29 bits per heavy atom. The molecule has 0 bridgehead atoms. The first-order valence-corrected chi connectivity index (χ1v) is 5.48. The van der Waals surface area contributed by atoms with Gasteiger partial charge in [0.2, 0.25) is 0 Å². The van der Waals surface area contributed by atoms with Crippen LogP contribution >= 0.6 is 12.2 Å². The molecule has 17 heavy (non-hydrogen) atoms. The minimum atomic E-state index is 0.320. The molecule has 0 amide bonds. The first-order chi connectivity index (χ1) is 8.16. The molecular weight excluding hydrogens is 236 g/mol. The molecule has 3 N–H and O–H groups in total. The summed E-state index contributed by atoms with van der Waals surface area (Å²) in [5.74, 6) is 0.667. The highest BCUT2D eigenvalue weighted by atomic mass is 32.1. The lowest BCUT2D eigenvalue weighted by atomic mass is 10.2. The highest BCUT2D eigenvalue weighted by Gasteiger charge is 2.07. The van der Waals surface area contributed by atoms with Crippen LogP contribution in [0.5, 0.6) is 0 Å². The molecule has 2 heterocycles. The van der Waals surface area contributed by atoms with Gasteiger partial charge in [-0.15, -0.1) is 0 Å². The predicted octanol–water partition coefficient (Wildman–Crippen LogP) is 1.62. The van der Waals surface area contributed by atoms with Crippen LogP contribution in [0.4, 0.5) is 5.82 Å². The van der Waals surface area contributed by atoms with Crippen molar-refractivity contribution < 1.29 is 4.52 Å². The Labute approximate surface area is 104 Å². The Hall–Kier alpha value is -1.95. The van der Waals surface area contributed by atoms with Crippen molar-refractivity contribution in [1.82, 2.24) is 10.1 Å². The smallest absolute Gasteiger partial charge is 0.136 e. The Kier molecular flexibility index (Phi) is 3.34. The van der Waals surface area contributed by atoms with Crippen LogP contribution in [0.15, 0.2) is 29.0 Å². The number of rotatable bonds is 4. The van der Waals surface area contributed by atoms with Crippen LogP contribution in [-0.2, 0) is 6.54 Å². The second-order valence-corrected chi connectivity index (χ2v) is 4.00. The van der Waals surface area contributed by atoms with Crippen molar-refractivity contribution in [3.63, 3.8) is 0 Å². The van der Waals surface area contributed by atoms with Crippen LogP contribution in [0.25, 0.3) is 0 Å². The fraction of sp³-hybridized carbons (Fsp3) is 0.182. The Bertz CT molecular complexity index is 524. The molecule has 0 spiro atoms. The van der Waals surface area contributed by atoms with E-state index in [4.69, 9.17) is 22.5 Å². The van der Waals surface area contributed by atoms with E-state index in [0.717, 1.165) is 17.0 Å². The van der Waals surface area contributed by atoms with Crippen LogP contribution in [0.3, 0.4) is 0 Å². The number of nitrogens with two attached hydrogens (primary N) is 1. The van der Waals surface area contributed by atoms with Crippen LogP contribution in [0, 0.1) is 6.92 Å². The maximum Gasteiger partial charge on any atom is 0.136 e. The number of thiocarbonyl (C=S) groups is 1. The molecular formula is C11H12N4OS. The molecule has 2 rings (SSSR count). The molecule has 0 aromatic carbocycles. The van der Waals surface area contributed by atoms with Gasteiger partial charge < -0.3 is 15.6 Å². The SMILES string of the molecule is Cc1ccc(C(N)=S)c(NCc2ccon2)n1. The average Bonchev–Trinajstić information content (AvgIpc) is 2.78. The third-order valence-electron chi connectivity index (χ3n) is 2.23. The molecule has 0 aliphatic heterocycles. The summed E-state index contributed by atoms with van der Waals surface area (Å²) in [7, 11) is 0. The zero-order valence-corrected chi connectivity index (χ0v) is 10.1. The standard InChI is InChI=1S/C11H12N4OS/c1-7-2-3-9(10(12)17)11(14-7)13-6-8-4-5-16-15-8/h2-5H,6H2,1H3,(H2,12,17)(H,13,14). The molecule has 2 aromatic rings. The minimum Gasteiger partial charge on any atom is -0.389 e. The van der Waals surface area contributed by atoms with E-state index >= 15 is 0 Å². The largest absolute Gasteiger partial charge is 0.389 e. The summed E-state index contributed by atoms with van der Waals surface area (Å²) in [6.45, 7) is 2.42. The number of hydrogen-bond donors (Lipinski definition) is 2. The van der Waals surface area contributed by atoms with Gasteiger partial charge in [0.1, 0.15) is 22.8 Å². The summed E-state index contributed by atoms with van der Waals surface area (Å²) in [6, 6.07) is 5.51. The Morgan fingerprint density at radius 1 is 1.47 bits per heavy atom. The quantitative estimate of drug-likeness (QED) is 0.801. The van der Waals surface area contributed by atoms with Crippen molar-refractivity contribution in [1.29, 1.82) is 0 Å². The lowest BCUT2D eigenvalue weighted by Crippen LogP contribution is -2.14. The van der Waals surface area contributed by atoms with Gasteiger partial charge in [0.25, 0.3) is 0 Å². The highest BCUT2D eigenvalue weighted by Crippen LogP contribution is 2.14. The molecule has 2 aromatic heterocycles. The fourth-order valence-electron chi connectivity index (χ4n) is 1.39. The minimum absolute atomic E-state index is 0.320. The predicted molar refractivity (Wildman–Crippen MR) is 68.7 cm³/mol. The van der Waals surface area contributed by atoms with Crippen LogP contribution in [-0.4, -0.2) is 15.1 Å². The van der Waals surface area contributed by atoms with Gasteiger partial charge in [0, 0.05) is 11.8 Å². The Morgan fingerprint density at radius 3 is 2.94 bits per heavy atom. The first kappa shape index (κ1) is 11.5. The van der Waals surface area contributed by atoms with Crippen LogP contribution in [0.2, 0.25) is 0 Å². The van der Waals surface area contributed by atoms with Gasteiger partial charge in [-0.1, -0.05) is 17.4 Å². The maximum atomic E-state index is 5.63. The summed E-state index contributed by atoms with van der Waals surface area (Å²) in [5.41, 5.74) is 8.05. The van der Waals surface area contributed by atoms with E-state index in [9.17, 15) is 0 Å². The zero-order chi connectivity index (χ0) is 12.3. The number of aryl methyl sites for hydroxylation is 1. The molecule has 0 atom stereocenters. The van der Waals surface area contributed by atoms with Crippen molar-refractivity contribution in [2.75, 3.05) is 5.32 Å². The fourth-order valence-corrected chi connectivity index (χ4v) is 1.56. The molecule has 0 aliphatic carbocycles. The molecule has 0 unspecified atom stereocenters. The Balaban J connectivity index is 2.19. The highest BCUT2D eigenvalue weighted by molar-refractivity contribution is 7.80. The second-order valence-electron chi connectivity index (χ2n) is 3.56. The number of pyridine rings is 1. The summed E-state index contributed by atoms with van der Waals surface area (Å²) in [6.07, 6.45) is 1.52. The monoisotopic (exact) mass is 248 g/mol. The summed E-state index contributed by atoms with van der Waals surface area (Å²) >= 11 is 4.97. The van der Waals surface area contributed by atoms with Crippen LogP contribution < -0.4 is 11.1 Å². The van der Waals surface area contributed by atoms with E-state index in [1.165, 1.54) is 6.26 Å². The maximum absolute atomic E-state index is 5.63. The van der Waals surface area contributed by atoms with Crippen LogP contribution in [0.1, 0.15) is 17.0 Å². The number of nitrogens with one attached hydrogen (secondary N) is 1. The van der Waals surface area contributed by atoms with E-state index in [0.29, 0.717) is 17.4 Å². The molecule has 0 aliphatic rings. The van der Waals surface area contributed by atoms with E-state index in [1.807, 2.05) is 19.1 Å². The first-order valence-electron chi connectivity index (χ1n) is 5.07. The van der Waals surface area contributed by atoms with Gasteiger partial charge in [-0.05, 0) is 19.1 Å².